The molecule has 1 aliphatic carbocycles. The Balaban J connectivity index is 1.60. The van der Waals surface area contributed by atoms with Crippen LogP contribution < -0.4 is 10.9 Å². The van der Waals surface area contributed by atoms with Crippen LogP contribution in [-0.4, -0.2) is 53.6 Å². The van der Waals surface area contributed by atoms with Crippen LogP contribution in [0.3, 0.4) is 0 Å². The Morgan fingerprint density at radius 2 is 1.89 bits per heavy atom. The molecule has 3 heterocycles. The van der Waals surface area contributed by atoms with E-state index in [2.05, 4.69) is 5.32 Å². The molecule has 28 heavy (non-hydrogen) atoms. The number of nitrogens with one attached hydrogen (secondary N) is 1. The standard InChI is InChI=1S/C21H29N3O4/c1-13(25)23-11-14-10-15(12-23)20(24-18(14)4-3-5-19(24)26)21(27)22-16-6-8-17(28-2)9-7-16/h3-5,14-17,20H,6-12H2,1-2H3,(H,22,27)/t14-,15+,16?,17?,20-/m1/s1. The summed E-state index contributed by atoms with van der Waals surface area (Å²) >= 11 is 0. The van der Waals surface area contributed by atoms with Crippen LogP contribution >= 0.6 is 0 Å². The van der Waals surface area contributed by atoms with Crippen molar-refractivity contribution in [3.63, 3.8) is 0 Å². The summed E-state index contributed by atoms with van der Waals surface area (Å²) in [4.78, 5) is 39.8. The summed E-state index contributed by atoms with van der Waals surface area (Å²) in [5, 5.41) is 3.19. The molecule has 2 amide bonds. The molecular formula is C21H29N3O4. The van der Waals surface area contributed by atoms with Gasteiger partial charge in [0.05, 0.1) is 6.10 Å². The molecule has 152 valence electrons. The van der Waals surface area contributed by atoms with Gasteiger partial charge in [-0.15, -0.1) is 0 Å². The lowest BCUT2D eigenvalue weighted by atomic mass is 9.78. The second-order valence-corrected chi connectivity index (χ2v) is 8.44. The maximum absolute atomic E-state index is 13.3. The number of hydrogen-bond donors (Lipinski definition) is 1. The highest BCUT2D eigenvalue weighted by Crippen LogP contribution is 2.41. The Morgan fingerprint density at radius 1 is 1.14 bits per heavy atom. The van der Waals surface area contributed by atoms with Crippen LogP contribution in [0.15, 0.2) is 23.0 Å². The predicted molar refractivity (Wildman–Crippen MR) is 104 cm³/mol. The Kier molecular flexibility index (Phi) is 5.27. The van der Waals surface area contributed by atoms with E-state index in [9.17, 15) is 14.4 Å². The SMILES string of the molecule is COC1CCC(NC(=O)[C@H]2[C@H]3C[C@H](CN(C(C)=O)C3)c3cccc(=O)n32)CC1. The summed E-state index contributed by atoms with van der Waals surface area (Å²) in [5.41, 5.74) is 0.740. The van der Waals surface area contributed by atoms with E-state index in [0.717, 1.165) is 37.8 Å². The number of carbonyl (C=O) groups is 2. The zero-order valence-corrected chi connectivity index (χ0v) is 16.6. The minimum Gasteiger partial charge on any atom is -0.381 e. The van der Waals surface area contributed by atoms with Crippen molar-refractivity contribution in [1.82, 2.24) is 14.8 Å². The molecule has 1 N–H and O–H groups in total. The summed E-state index contributed by atoms with van der Waals surface area (Å²) in [7, 11) is 1.73. The number of piperidine rings is 1. The smallest absolute Gasteiger partial charge is 0.251 e. The Morgan fingerprint density at radius 3 is 2.57 bits per heavy atom. The van der Waals surface area contributed by atoms with E-state index in [1.165, 1.54) is 6.07 Å². The van der Waals surface area contributed by atoms with Crippen molar-refractivity contribution in [3.05, 3.63) is 34.2 Å². The van der Waals surface area contributed by atoms with Crippen molar-refractivity contribution in [3.8, 4) is 0 Å². The van der Waals surface area contributed by atoms with Crippen molar-refractivity contribution in [2.45, 2.75) is 63.1 Å². The van der Waals surface area contributed by atoms with Gasteiger partial charge in [-0.3, -0.25) is 19.0 Å². The first-order chi connectivity index (χ1) is 13.5. The highest BCUT2D eigenvalue weighted by Gasteiger charge is 2.44. The average Bonchev–Trinajstić information content (AvgIpc) is 2.69. The van der Waals surface area contributed by atoms with Crippen LogP contribution in [-0.2, 0) is 14.3 Å². The van der Waals surface area contributed by atoms with E-state index in [-0.39, 0.29) is 41.4 Å². The molecule has 7 nitrogen and oxygen atoms in total. The quantitative estimate of drug-likeness (QED) is 0.851. The largest absolute Gasteiger partial charge is 0.381 e. The van der Waals surface area contributed by atoms with Crippen LogP contribution in [0.4, 0.5) is 0 Å². The summed E-state index contributed by atoms with van der Waals surface area (Å²) in [6, 6.07) is 4.77. The normalized spacial score (nSPS) is 31.8. The van der Waals surface area contributed by atoms with Crippen LogP contribution in [0.2, 0.25) is 0 Å². The van der Waals surface area contributed by atoms with Gasteiger partial charge in [-0.2, -0.15) is 0 Å². The van der Waals surface area contributed by atoms with Crippen LogP contribution in [0.25, 0.3) is 0 Å². The Bertz CT molecular complexity index is 812. The third-order valence-electron chi connectivity index (χ3n) is 6.72. The first-order valence-electron chi connectivity index (χ1n) is 10.3. The van der Waals surface area contributed by atoms with Crippen LogP contribution in [0.5, 0.6) is 0 Å². The Labute approximate surface area is 165 Å². The maximum atomic E-state index is 13.3. The van der Waals surface area contributed by atoms with E-state index in [1.54, 1.807) is 24.7 Å². The number of amides is 2. The van der Waals surface area contributed by atoms with Crippen molar-refractivity contribution < 1.29 is 14.3 Å². The fraction of sp³-hybridized carbons (Fsp3) is 0.667. The van der Waals surface area contributed by atoms with E-state index >= 15 is 0 Å². The molecule has 0 aromatic carbocycles. The predicted octanol–water partition coefficient (Wildman–Crippen LogP) is 1.43. The van der Waals surface area contributed by atoms with Gasteiger partial charge in [0.25, 0.3) is 5.56 Å². The molecule has 2 fully saturated rings. The number of fused-ring (bicyclic) bond motifs is 4. The lowest BCUT2D eigenvalue weighted by Gasteiger charge is -2.46. The van der Waals surface area contributed by atoms with Gasteiger partial charge in [0.1, 0.15) is 6.04 Å². The maximum Gasteiger partial charge on any atom is 0.251 e. The van der Waals surface area contributed by atoms with Crippen molar-refractivity contribution in [1.29, 1.82) is 0 Å². The number of rotatable bonds is 3. The van der Waals surface area contributed by atoms with Gasteiger partial charge in [0, 0.05) is 56.8 Å². The van der Waals surface area contributed by atoms with Gasteiger partial charge in [0.2, 0.25) is 11.8 Å². The van der Waals surface area contributed by atoms with Crippen LogP contribution in [0, 0.1) is 5.92 Å². The minimum absolute atomic E-state index is 0.0264. The lowest BCUT2D eigenvalue weighted by molar-refractivity contribution is -0.136. The molecule has 0 spiro atoms. The monoisotopic (exact) mass is 387 g/mol. The molecule has 2 bridgehead atoms. The summed E-state index contributed by atoms with van der Waals surface area (Å²) in [5.74, 6) is 0.00560. The molecule has 4 rings (SSSR count). The molecule has 1 aromatic rings. The number of pyridine rings is 1. The van der Waals surface area contributed by atoms with Crippen LogP contribution in [0.1, 0.15) is 56.7 Å². The van der Waals surface area contributed by atoms with E-state index < -0.39 is 6.04 Å². The number of carbonyl (C=O) groups excluding carboxylic acids is 2. The molecule has 0 radical (unpaired) electrons. The molecule has 0 unspecified atom stereocenters. The van der Waals surface area contributed by atoms with Gasteiger partial charge < -0.3 is 15.0 Å². The van der Waals surface area contributed by atoms with E-state index in [4.69, 9.17) is 4.74 Å². The molecule has 7 heteroatoms. The molecule has 3 atom stereocenters. The van der Waals surface area contributed by atoms with Gasteiger partial charge in [0.15, 0.2) is 0 Å². The fourth-order valence-corrected chi connectivity index (χ4v) is 5.26. The summed E-state index contributed by atoms with van der Waals surface area (Å²) < 4.78 is 7.10. The second kappa shape index (κ2) is 7.70. The minimum atomic E-state index is -0.553. The highest BCUT2D eigenvalue weighted by molar-refractivity contribution is 5.82. The average molecular weight is 387 g/mol. The molecule has 1 aromatic heterocycles. The molecule has 1 saturated carbocycles. The number of hydrogen-bond acceptors (Lipinski definition) is 4. The second-order valence-electron chi connectivity index (χ2n) is 8.44. The van der Waals surface area contributed by atoms with Gasteiger partial charge in [-0.25, -0.2) is 0 Å². The number of ether oxygens (including phenoxy) is 1. The van der Waals surface area contributed by atoms with Gasteiger partial charge >= 0.3 is 0 Å². The first kappa shape index (κ1) is 19.2. The van der Waals surface area contributed by atoms with Crippen molar-refractivity contribution >= 4 is 11.8 Å². The van der Waals surface area contributed by atoms with E-state index in [1.807, 2.05) is 11.0 Å². The van der Waals surface area contributed by atoms with E-state index in [0.29, 0.717) is 13.1 Å². The highest BCUT2D eigenvalue weighted by atomic mass is 16.5. The molecular weight excluding hydrogens is 358 g/mol. The third-order valence-corrected chi connectivity index (χ3v) is 6.72. The van der Waals surface area contributed by atoms with Crippen molar-refractivity contribution in [2.24, 2.45) is 5.92 Å². The summed E-state index contributed by atoms with van der Waals surface area (Å²) in [6.45, 7) is 2.72. The number of nitrogens with zero attached hydrogens (tertiary/aromatic N) is 2. The number of methoxy groups -OCH3 is 1. The van der Waals surface area contributed by atoms with Gasteiger partial charge in [-0.1, -0.05) is 6.07 Å². The number of likely N-dealkylation sites (tertiary alicyclic amines) is 1. The topological polar surface area (TPSA) is 80.6 Å². The first-order valence-corrected chi connectivity index (χ1v) is 10.3. The number of aromatic nitrogens is 1. The van der Waals surface area contributed by atoms with Crippen molar-refractivity contribution in [2.75, 3.05) is 20.2 Å². The van der Waals surface area contributed by atoms with Gasteiger partial charge in [-0.05, 0) is 38.2 Å². The molecule has 1 saturated heterocycles. The fourth-order valence-electron chi connectivity index (χ4n) is 5.26. The third kappa shape index (κ3) is 3.48. The zero-order valence-electron chi connectivity index (χ0n) is 16.6. The lowest BCUT2D eigenvalue weighted by Crippen LogP contribution is -2.55. The summed E-state index contributed by atoms with van der Waals surface area (Å²) in [6.07, 6.45) is 4.76. The molecule has 3 aliphatic rings. The Hall–Kier alpha value is -2.15. The molecule has 2 aliphatic heterocycles. The zero-order chi connectivity index (χ0) is 19.8.